The summed E-state index contributed by atoms with van der Waals surface area (Å²) >= 11 is 4.36. The molecule has 2 amide bonds. The average Bonchev–Trinajstić information content (AvgIpc) is 3.12. The number of hydrogen-bond donors (Lipinski definition) is 0. The highest BCUT2D eigenvalue weighted by Crippen LogP contribution is 2.40. The lowest BCUT2D eigenvalue weighted by Crippen LogP contribution is -2.27. The normalized spacial score (nSPS) is 14.5. The number of nitro benzene ring substituents is 1. The van der Waals surface area contributed by atoms with E-state index in [1.165, 1.54) is 12.1 Å². The van der Waals surface area contributed by atoms with Gasteiger partial charge in [0.15, 0.2) is 11.5 Å². The zero-order valence-corrected chi connectivity index (χ0v) is 20.9. The minimum atomic E-state index is -0.459. The van der Waals surface area contributed by atoms with Gasteiger partial charge in [-0.3, -0.25) is 19.7 Å². The summed E-state index contributed by atoms with van der Waals surface area (Å²) in [6, 6.07) is 18.4. The zero-order valence-electron chi connectivity index (χ0n) is 18.5. The Bertz CT molecular complexity index is 1330. The standard InChI is InChI=1S/C25H19BrN2O6S/c1-2-33-21-13-17(14-22-24(29)27(25(30)35-22)18-8-4-3-5-9-18)12-20(26)23(21)34-15-16-7-6-10-19(11-16)28(31)32/h3-14H,2,15H2,1H3/b22-14-. The molecule has 0 bridgehead atoms. The van der Waals surface area contributed by atoms with Crippen molar-refractivity contribution in [1.29, 1.82) is 0 Å². The third kappa shape index (κ3) is 5.55. The van der Waals surface area contributed by atoms with Gasteiger partial charge in [0.1, 0.15) is 6.61 Å². The number of anilines is 1. The Morgan fingerprint density at radius 3 is 2.54 bits per heavy atom. The quantitative estimate of drug-likeness (QED) is 0.176. The summed E-state index contributed by atoms with van der Waals surface area (Å²) in [5, 5.41) is 10.7. The second-order valence-corrected chi connectivity index (χ2v) is 9.18. The lowest BCUT2D eigenvalue weighted by Gasteiger charge is -2.15. The topological polar surface area (TPSA) is 99.0 Å². The summed E-state index contributed by atoms with van der Waals surface area (Å²) in [5.41, 5.74) is 1.77. The maximum absolute atomic E-state index is 12.9. The van der Waals surface area contributed by atoms with Crippen LogP contribution >= 0.6 is 27.7 Å². The molecule has 1 fully saturated rings. The van der Waals surface area contributed by atoms with Crippen LogP contribution in [0.1, 0.15) is 18.1 Å². The van der Waals surface area contributed by atoms with Crippen molar-refractivity contribution in [2.24, 2.45) is 0 Å². The smallest absolute Gasteiger partial charge is 0.298 e. The van der Waals surface area contributed by atoms with E-state index in [0.29, 0.717) is 44.3 Å². The summed E-state index contributed by atoms with van der Waals surface area (Å²) in [5.74, 6) is 0.458. The van der Waals surface area contributed by atoms with Crippen molar-refractivity contribution in [2.75, 3.05) is 11.5 Å². The first kappa shape index (κ1) is 24.5. The minimum absolute atomic E-state index is 0.0185. The number of nitro groups is 1. The van der Waals surface area contributed by atoms with E-state index >= 15 is 0 Å². The first-order valence-corrected chi connectivity index (χ1v) is 12.1. The molecule has 0 aliphatic carbocycles. The molecule has 1 aliphatic heterocycles. The monoisotopic (exact) mass is 554 g/mol. The highest BCUT2D eigenvalue weighted by Gasteiger charge is 2.36. The predicted octanol–water partition coefficient (Wildman–Crippen LogP) is 6.58. The van der Waals surface area contributed by atoms with E-state index in [2.05, 4.69) is 15.9 Å². The molecule has 0 saturated carbocycles. The van der Waals surface area contributed by atoms with E-state index in [1.54, 1.807) is 54.6 Å². The van der Waals surface area contributed by atoms with Gasteiger partial charge < -0.3 is 9.47 Å². The van der Waals surface area contributed by atoms with Crippen molar-refractivity contribution >= 4 is 56.3 Å². The molecule has 3 aromatic rings. The van der Waals surface area contributed by atoms with Crippen molar-refractivity contribution in [1.82, 2.24) is 0 Å². The Kier molecular flexibility index (Phi) is 7.52. The molecule has 0 unspecified atom stereocenters. The highest BCUT2D eigenvalue weighted by atomic mass is 79.9. The molecule has 8 nitrogen and oxygen atoms in total. The third-order valence-corrected chi connectivity index (χ3v) is 6.40. The van der Waals surface area contributed by atoms with E-state index in [9.17, 15) is 19.7 Å². The number of hydrogen-bond acceptors (Lipinski definition) is 7. The second-order valence-electron chi connectivity index (χ2n) is 7.33. The molecule has 0 radical (unpaired) electrons. The van der Waals surface area contributed by atoms with Crippen LogP contribution in [0.25, 0.3) is 6.08 Å². The molecule has 0 aromatic heterocycles. The van der Waals surface area contributed by atoms with E-state index in [-0.39, 0.29) is 17.5 Å². The molecular weight excluding hydrogens is 536 g/mol. The molecule has 0 N–H and O–H groups in total. The number of ether oxygens (including phenoxy) is 2. The predicted molar refractivity (Wildman–Crippen MR) is 138 cm³/mol. The highest BCUT2D eigenvalue weighted by molar-refractivity contribution is 9.10. The van der Waals surface area contributed by atoms with Crippen LogP contribution in [-0.2, 0) is 11.4 Å². The number of nitrogens with zero attached hydrogens (tertiary/aromatic N) is 2. The first-order chi connectivity index (χ1) is 16.9. The Labute approximate surface area is 213 Å². The maximum atomic E-state index is 12.9. The van der Waals surface area contributed by atoms with Crippen LogP contribution in [-0.4, -0.2) is 22.7 Å². The molecule has 35 heavy (non-hydrogen) atoms. The fourth-order valence-electron chi connectivity index (χ4n) is 3.41. The van der Waals surface area contributed by atoms with Crippen LogP contribution in [0.5, 0.6) is 11.5 Å². The van der Waals surface area contributed by atoms with Gasteiger partial charge in [-0.2, -0.15) is 0 Å². The van der Waals surface area contributed by atoms with Gasteiger partial charge >= 0.3 is 0 Å². The lowest BCUT2D eigenvalue weighted by molar-refractivity contribution is -0.384. The number of para-hydroxylation sites is 1. The Hall–Kier alpha value is -3.63. The molecule has 0 spiro atoms. The fraction of sp³-hybridized carbons (Fsp3) is 0.120. The molecule has 178 valence electrons. The molecule has 4 rings (SSSR count). The zero-order chi connectivity index (χ0) is 24.9. The van der Waals surface area contributed by atoms with Crippen molar-refractivity contribution in [3.8, 4) is 11.5 Å². The van der Waals surface area contributed by atoms with Crippen molar-refractivity contribution in [3.63, 3.8) is 0 Å². The van der Waals surface area contributed by atoms with Gasteiger partial charge in [0.05, 0.1) is 26.6 Å². The molecule has 1 heterocycles. The van der Waals surface area contributed by atoms with E-state index in [0.717, 1.165) is 16.7 Å². The Morgan fingerprint density at radius 1 is 1.06 bits per heavy atom. The number of benzene rings is 3. The number of carbonyl (C=O) groups excluding carboxylic acids is 2. The minimum Gasteiger partial charge on any atom is -0.490 e. The van der Waals surface area contributed by atoms with Crippen LogP contribution in [0.3, 0.4) is 0 Å². The summed E-state index contributed by atoms with van der Waals surface area (Å²) in [6.07, 6.45) is 1.63. The van der Waals surface area contributed by atoms with E-state index < -0.39 is 10.8 Å². The van der Waals surface area contributed by atoms with Crippen LogP contribution in [0.2, 0.25) is 0 Å². The van der Waals surface area contributed by atoms with Gasteiger partial charge in [-0.1, -0.05) is 30.3 Å². The van der Waals surface area contributed by atoms with E-state index in [4.69, 9.17) is 9.47 Å². The SMILES string of the molecule is CCOc1cc(/C=C2\SC(=O)N(c3ccccc3)C2=O)cc(Br)c1OCc1cccc([N+](=O)[O-])c1. The second kappa shape index (κ2) is 10.7. The van der Waals surface area contributed by atoms with Gasteiger partial charge in [-0.15, -0.1) is 0 Å². The summed E-state index contributed by atoms with van der Waals surface area (Å²) in [4.78, 5) is 37.4. The number of imide groups is 1. The number of non-ortho nitro benzene ring substituents is 1. The number of carbonyl (C=O) groups is 2. The summed E-state index contributed by atoms with van der Waals surface area (Å²) < 4.78 is 12.3. The number of rotatable bonds is 8. The molecule has 10 heteroatoms. The Balaban J connectivity index is 1.59. The Morgan fingerprint density at radius 2 is 1.83 bits per heavy atom. The first-order valence-electron chi connectivity index (χ1n) is 10.5. The third-order valence-electron chi connectivity index (χ3n) is 4.94. The van der Waals surface area contributed by atoms with Crippen LogP contribution < -0.4 is 14.4 Å². The van der Waals surface area contributed by atoms with Crippen molar-refractivity contribution in [3.05, 3.63) is 97.3 Å². The van der Waals surface area contributed by atoms with Crippen molar-refractivity contribution in [2.45, 2.75) is 13.5 Å². The molecule has 1 saturated heterocycles. The number of thioether (sulfide) groups is 1. The van der Waals surface area contributed by atoms with Gasteiger partial charge in [0.2, 0.25) is 0 Å². The van der Waals surface area contributed by atoms with Gasteiger partial charge in [-0.25, -0.2) is 4.90 Å². The largest absolute Gasteiger partial charge is 0.490 e. The average molecular weight is 555 g/mol. The van der Waals surface area contributed by atoms with Crippen LogP contribution in [0.4, 0.5) is 16.2 Å². The van der Waals surface area contributed by atoms with Gasteiger partial charge in [0.25, 0.3) is 16.8 Å². The van der Waals surface area contributed by atoms with E-state index in [1.807, 2.05) is 13.0 Å². The summed E-state index contributed by atoms with van der Waals surface area (Å²) in [6.45, 7) is 2.29. The number of amides is 2. The lowest BCUT2D eigenvalue weighted by atomic mass is 10.1. The maximum Gasteiger partial charge on any atom is 0.298 e. The molecule has 1 aliphatic rings. The van der Waals surface area contributed by atoms with Crippen molar-refractivity contribution < 1.29 is 24.0 Å². The molecular formula is C25H19BrN2O6S. The van der Waals surface area contributed by atoms with Gasteiger partial charge in [-0.05, 0) is 76.1 Å². The van der Waals surface area contributed by atoms with Crippen LogP contribution in [0, 0.1) is 10.1 Å². The fourth-order valence-corrected chi connectivity index (χ4v) is 4.82. The van der Waals surface area contributed by atoms with Gasteiger partial charge in [0, 0.05) is 12.1 Å². The number of halogens is 1. The molecule has 3 aromatic carbocycles. The van der Waals surface area contributed by atoms with Crippen LogP contribution in [0.15, 0.2) is 76.1 Å². The summed E-state index contributed by atoms with van der Waals surface area (Å²) in [7, 11) is 0. The molecule has 0 atom stereocenters.